The highest BCUT2D eigenvalue weighted by atomic mass is 16.5. The minimum atomic E-state index is -0.527. The van der Waals surface area contributed by atoms with E-state index >= 15 is 0 Å². The van der Waals surface area contributed by atoms with E-state index in [0.717, 1.165) is 29.8 Å². The van der Waals surface area contributed by atoms with Crippen LogP contribution in [-0.2, 0) is 22.5 Å². The zero-order valence-electron chi connectivity index (χ0n) is 19.9. The molecule has 3 aromatic rings. The number of rotatable bonds is 10. The van der Waals surface area contributed by atoms with E-state index < -0.39 is 5.97 Å². The molecule has 0 aliphatic rings. The molecule has 2 aromatic heterocycles. The Kier molecular flexibility index (Phi) is 7.92. The van der Waals surface area contributed by atoms with Crippen molar-refractivity contribution in [1.82, 2.24) is 9.55 Å². The number of aromatic nitrogens is 2. The molecule has 0 bridgehead atoms. The Morgan fingerprint density at radius 2 is 1.82 bits per heavy atom. The van der Waals surface area contributed by atoms with Crippen LogP contribution in [0.5, 0.6) is 5.75 Å². The van der Waals surface area contributed by atoms with Crippen LogP contribution in [0.1, 0.15) is 49.7 Å². The first kappa shape index (κ1) is 24.1. The highest BCUT2D eigenvalue weighted by molar-refractivity contribution is 6.10. The SMILES string of the molecule is CCC(CC)Nc1cnc2c(c1)c(NC(C)=O)c(C(=O)OC)n2CCc1ccc(OC)cc1. The van der Waals surface area contributed by atoms with Crippen LogP contribution in [0.3, 0.4) is 0 Å². The second-order valence-corrected chi connectivity index (χ2v) is 7.90. The average Bonchev–Trinajstić information content (AvgIpc) is 3.12. The summed E-state index contributed by atoms with van der Waals surface area (Å²) >= 11 is 0. The molecule has 0 fully saturated rings. The van der Waals surface area contributed by atoms with Gasteiger partial charge in [-0.2, -0.15) is 0 Å². The maximum atomic E-state index is 12.8. The summed E-state index contributed by atoms with van der Waals surface area (Å²) in [5, 5.41) is 7.00. The quantitative estimate of drug-likeness (QED) is 0.436. The number of methoxy groups -OCH3 is 2. The number of carbonyl (C=O) groups is 2. The molecule has 8 nitrogen and oxygen atoms in total. The smallest absolute Gasteiger partial charge is 0.356 e. The number of anilines is 2. The topological polar surface area (TPSA) is 94.5 Å². The number of nitrogens with one attached hydrogen (secondary N) is 2. The molecule has 3 rings (SSSR count). The van der Waals surface area contributed by atoms with Crippen molar-refractivity contribution in [2.45, 2.75) is 52.6 Å². The van der Waals surface area contributed by atoms with Crippen molar-refractivity contribution >= 4 is 34.3 Å². The number of benzene rings is 1. The maximum absolute atomic E-state index is 12.8. The Hall–Kier alpha value is -3.55. The molecule has 2 heterocycles. The summed E-state index contributed by atoms with van der Waals surface area (Å²) in [4.78, 5) is 29.5. The van der Waals surface area contributed by atoms with Gasteiger partial charge in [-0.05, 0) is 43.0 Å². The first-order chi connectivity index (χ1) is 15.9. The fourth-order valence-electron chi connectivity index (χ4n) is 3.89. The third-order valence-electron chi connectivity index (χ3n) is 5.72. The summed E-state index contributed by atoms with van der Waals surface area (Å²) in [6.45, 7) is 6.15. The van der Waals surface area contributed by atoms with Gasteiger partial charge in [-0.1, -0.05) is 26.0 Å². The van der Waals surface area contributed by atoms with Crippen LogP contribution in [0.2, 0.25) is 0 Å². The number of pyridine rings is 1. The van der Waals surface area contributed by atoms with Gasteiger partial charge in [-0.25, -0.2) is 9.78 Å². The van der Waals surface area contributed by atoms with Gasteiger partial charge in [0.15, 0.2) is 5.69 Å². The van der Waals surface area contributed by atoms with Crippen LogP contribution in [0, 0.1) is 0 Å². The monoisotopic (exact) mass is 452 g/mol. The molecule has 0 saturated carbocycles. The zero-order valence-corrected chi connectivity index (χ0v) is 19.9. The Labute approximate surface area is 194 Å². The summed E-state index contributed by atoms with van der Waals surface area (Å²) in [6, 6.07) is 10.0. The molecule has 0 aliphatic carbocycles. The molecular weight excluding hydrogens is 420 g/mol. The van der Waals surface area contributed by atoms with Gasteiger partial charge < -0.3 is 24.7 Å². The summed E-state index contributed by atoms with van der Waals surface area (Å²) in [7, 11) is 2.96. The first-order valence-electron chi connectivity index (χ1n) is 11.2. The fraction of sp³-hybridized carbons (Fsp3) is 0.400. The molecule has 0 atom stereocenters. The lowest BCUT2D eigenvalue weighted by atomic mass is 10.1. The summed E-state index contributed by atoms with van der Waals surface area (Å²) < 4.78 is 12.1. The van der Waals surface area contributed by atoms with Gasteiger partial charge in [0.05, 0.1) is 31.8 Å². The second-order valence-electron chi connectivity index (χ2n) is 7.90. The molecule has 2 N–H and O–H groups in total. The number of amides is 1. The fourth-order valence-corrected chi connectivity index (χ4v) is 3.89. The molecule has 33 heavy (non-hydrogen) atoms. The van der Waals surface area contributed by atoms with E-state index in [2.05, 4.69) is 29.5 Å². The van der Waals surface area contributed by atoms with Crippen molar-refractivity contribution in [1.29, 1.82) is 0 Å². The highest BCUT2D eigenvalue weighted by Gasteiger charge is 2.25. The van der Waals surface area contributed by atoms with Gasteiger partial charge >= 0.3 is 5.97 Å². The molecule has 0 aliphatic heterocycles. The van der Waals surface area contributed by atoms with Crippen molar-refractivity contribution in [3.05, 3.63) is 47.8 Å². The molecular formula is C25H32N4O4. The highest BCUT2D eigenvalue weighted by Crippen LogP contribution is 2.33. The van der Waals surface area contributed by atoms with E-state index in [0.29, 0.717) is 35.7 Å². The number of hydrogen-bond donors (Lipinski definition) is 2. The lowest BCUT2D eigenvalue weighted by molar-refractivity contribution is -0.114. The molecule has 1 aromatic carbocycles. The molecule has 0 radical (unpaired) electrons. The number of hydrogen-bond acceptors (Lipinski definition) is 6. The number of aryl methyl sites for hydroxylation is 2. The van der Waals surface area contributed by atoms with Crippen LogP contribution >= 0.6 is 0 Å². The van der Waals surface area contributed by atoms with Crippen LogP contribution < -0.4 is 15.4 Å². The Morgan fingerprint density at radius 1 is 1.12 bits per heavy atom. The standard InChI is InChI=1S/C25H32N4O4/c1-6-18(7-2)28-19-14-21-22(27-16(3)30)23(25(31)33-5)29(24(21)26-15-19)13-12-17-8-10-20(32-4)11-9-17/h8-11,14-15,18,28H,6-7,12-13H2,1-5H3,(H,27,30). The van der Waals surface area contributed by atoms with Crippen molar-refractivity contribution < 1.29 is 19.1 Å². The predicted octanol–water partition coefficient (Wildman–Crippen LogP) is 4.63. The van der Waals surface area contributed by atoms with E-state index in [-0.39, 0.29) is 11.6 Å². The zero-order chi connectivity index (χ0) is 24.0. The van der Waals surface area contributed by atoms with E-state index in [1.165, 1.54) is 14.0 Å². The Morgan fingerprint density at radius 3 is 2.39 bits per heavy atom. The lowest BCUT2D eigenvalue weighted by Crippen LogP contribution is -2.17. The minimum Gasteiger partial charge on any atom is -0.497 e. The molecule has 8 heteroatoms. The molecule has 176 valence electrons. The second kappa shape index (κ2) is 10.8. The molecule has 0 saturated heterocycles. The third kappa shape index (κ3) is 5.45. The lowest BCUT2D eigenvalue weighted by Gasteiger charge is -2.16. The van der Waals surface area contributed by atoms with E-state index in [1.807, 2.05) is 34.9 Å². The van der Waals surface area contributed by atoms with E-state index in [1.54, 1.807) is 13.3 Å². The number of esters is 1. The Bertz CT molecular complexity index is 1120. The summed E-state index contributed by atoms with van der Waals surface area (Å²) in [5.74, 6) is -0.0128. The van der Waals surface area contributed by atoms with E-state index in [4.69, 9.17) is 9.47 Å². The third-order valence-corrected chi connectivity index (χ3v) is 5.72. The van der Waals surface area contributed by atoms with Crippen LogP contribution in [0.15, 0.2) is 36.5 Å². The summed E-state index contributed by atoms with van der Waals surface area (Å²) in [6.07, 6.45) is 4.38. The molecule has 0 spiro atoms. The van der Waals surface area contributed by atoms with Gasteiger partial charge in [0.1, 0.15) is 11.4 Å². The van der Waals surface area contributed by atoms with Gasteiger partial charge in [0, 0.05) is 24.9 Å². The van der Waals surface area contributed by atoms with Gasteiger partial charge in [-0.15, -0.1) is 0 Å². The maximum Gasteiger partial charge on any atom is 0.356 e. The predicted molar refractivity (Wildman–Crippen MR) is 130 cm³/mol. The number of nitrogens with zero attached hydrogens (tertiary/aromatic N) is 2. The largest absolute Gasteiger partial charge is 0.497 e. The normalized spacial score (nSPS) is 11.0. The van der Waals surface area contributed by atoms with Crippen molar-refractivity contribution in [3.63, 3.8) is 0 Å². The van der Waals surface area contributed by atoms with E-state index in [9.17, 15) is 9.59 Å². The van der Waals surface area contributed by atoms with Crippen LogP contribution in [-0.4, -0.2) is 41.7 Å². The Balaban J connectivity index is 2.08. The van der Waals surface area contributed by atoms with Crippen molar-refractivity contribution in [2.75, 3.05) is 24.9 Å². The first-order valence-corrected chi connectivity index (χ1v) is 11.2. The molecule has 1 amide bonds. The van der Waals surface area contributed by atoms with Crippen LogP contribution in [0.25, 0.3) is 11.0 Å². The number of fused-ring (bicyclic) bond motifs is 1. The minimum absolute atomic E-state index is 0.271. The average molecular weight is 453 g/mol. The van der Waals surface area contributed by atoms with Gasteiger partial charge in [-0.3, -0.25) is 4.79 Å². The summed E-state index contributed by atoms with van der Waals surface area (Å²) in [5.41, 5.74) is 3.24. The molecule has 0 unspecified atom stereocenters. The van der Waals surface area contributed by atoms with Crippen molar-refractivity contribution in [2.24, 2.45) is 0 Å². The van der Waals surface area contributed by atoms with Gasteiger partial charge in [0.25, 0.3) is 0 Å². The number of ether oxygens (including phenoxy) is 2. The van der Waals surface area contributed by atoms with Gasteiger partial charge in [0.2, 0.25) is 5.91 Å². The number of carbonyl (C=O) groups excluding carboxylic acids is 2. The van der Waals surface area contributed by atoms with Crippen LogP contribution in [0.4, 0.5) is 11.4 Å². The van der Waals surface area contributed by atoms with Crippen molar-refractivity contribution in [3.8, 4) is 5.75 Å².